The summed E-state index contributed by atoms with van der Waals surface area (Å²) < 4.78 is 10.7. The van der Waals surface area contributed by atoms with Crippen molar-refractivity contribution in [2.24, 2.45) is 5.92 Å². The topological polar surface area (TPSA) is 85.6 Å². The summed E-state index contributed by atoms with van der Waals surface area (Å²) in [4.78, 5) is 12.5. The molecule has 1 aromatic heterocycles. The zero-order valence-corrected chi connectivity index (χ0v) is 12.9. The van der Waals surface area contributed by atoms with Crippen molar-refractivity contribution in [3.05, 3.63) is 17.5 Å². The van der Waals surface area contributed by atoms with Crippen molar-refractivity contribution >= 4 is 27.9 Å². The zero-order chi connectivity index (χ0) is 15.2. The minimum atomic E-state index is -0.215. The molecule has 1 amide bonds. The molecule has 2 rings (SSSR count). The van der Waals surface area contributed by atoms with Crippen LogP contribution in [0.5, 0.6) is 5.75 Å². The fraction of sp³-hybridized carbons (Fsp3) is 0.500. The summed E-state index contributed by atoms with van der Waals surface area (Å²) in [6, 6.07) is 0. The van der Waals surface area contributed by atoms with Gasteiger partial charge in [0.05, 0.1) is 13.7 Å². The van der Waals surface area contributed by atoms with Gasteiger partial charge in [0.25, 0.3) is 5.91 Å². The molecule has 0 radical (unpaired) electrons. The molecule has 1 unspecified atom stereocenters. The molecule has 6 nitrogen and oxygen atoms in total. The van der Waals surface area contributed by atoms with E-state index >= 15 is 0 Å². The van der Waals surface area contributed by atoms with Gasteiger partial charge in [0.15, 0.2) is 5.75 Å². The van der Waals surface area contributed by atoms with Gasteiger partial charge in [-0.25, -0.2) is 0 Å². The number of thiophene rings is 1. The van der Waals surface area contributed by atoms with Gasteiger partial charge in [0.1, 0.15) is 15.6 Å². The molecule has 116 valence electrons. The molecule has 1 aliphatic rings. The quantitative estimate of drug-likeness (QED) is 0.667. The van der Waals surface area contributed by atoms with Gasteiger partial charge in [-0.1, -0.05) is 6.08 Å². The molecule has 4 N–H and O–H groups in total. The van der Waals surface area contributed by atoms with Crippen LogP contribution in [0.15, 0.2) is 12.7 Å². The van der Waals surface area contributed by atoms with Crippen molar-refractivity contribution < 1.29 is 14.3 Å². The second-order valence-corrected chi connectivity index (χ2v) is 5.84. The lowest BCUT2D eigenvalue weighted by atomic mass is 10.1. The van der Waals surface area contributed by atoms with E-state index < -0.39 is 0 Å². The van der Waals surface area contributed by atoms with Crippen molar-refractivity contribution in [1.82, 2.24) is 5.32 Å². The third-order valence-corrected chi connectivity index (χ3v) is 4.44. The first-order chi connectivity index (χ1) is 10.2. The van der Waals surface area contributed by atoms with E-state index in [4.69, 9.17) is 15.2 Å². The fourth-order valence-corrected chi connectivity index (χ4v) is 3.16. The monoisotopic (exact) mass is 311 g/mol. The molecule has 1 aromatic rings. The summed E-state index contributed by atoms with van der Waals surface area (Å²) in [6.07, 6.45) is 2.67. The third kappa shape index (κ3) is 3.68. The lowest BCUT2D eigenvalue weighted by Crippen LogP contribution is -2.23. The molecular weight excluding hydrogens is 290 g/mol. The Morgan fingerprint density at radius 2 is 2.48 bits per heavy atom. The van der Waals surface area contributed by atoms with Crippen LogP contribution >= 0.6 is 11.3 Å². The highest BCUT2D eigenvalue weighted by molar-refractivity contribution is 7.19. The van der Waals surface area contributed by atoms with Crippen molar-refractivity contribution in [3.63, 3.8) is 0 Å². The Balaban J connectivity index is 2.08. The van der Waals surface area contributed by atoms with Crippen LogP contribution in [0.3, 0.4) is 0 Å². The number of hydrogen-bond donors (Lipinski definition) is 3. The highest BCUT2D eigenvalue weighted by atomic mass is 32.1. The van der Waals surface area contributed by atoms with Crippen LogP contribution in [0.25, 0.3) is 0 Å². The fourth-order valence-electron chi connectivity index (χ4n) is 2.14. The lowest BCUT2D eigenvalue weighted by molar-refractivity contribution is 0.0962. The smallest absolute Gasteiger partial charge is 0.263 e. The van der Waals surface area contributed by atoms with E-state index in [0.717, 1.165) is 31.2 Å². The van der Waals surface area contributed by atoms with Gasteiger partial charge in [-0.2, -0.15) is 0 Å². The molecule has 0 saturated carbocycles. The van der Waals surface area contributed by atoms with Crippen molar-refractivity contribution in [2.45, 2.75) is 6.42 Å². The van der Waals surface area contributed by atoms with Crippen LogP contribution in [0.4, 0.5) is 10.7 Å². The summed E-state index contributed by atoms with van der Waals surface area (Å²) in [5.41, 5.74) is 6.37. The molecule has 1 aliphatic heterocycles. The zero-order valence-electron chi connectivity index (χ0n) is 12.1. The predicted octanol–water partition coefficient (Wildman–Crippen LogP) is 1.70. The molecule has 1 saturated heterocycles. The molecule has 0 spiro atoms. The first kappa shape index (κ1) is 15.7. The largest absolute Gasteiger partial charge is 0.492 e. The van der Waals surface area contributed by atoms with E-state index in [9.17, 15) is 4.79 Å². The van der Waals surface area contributed by atoms with E-state index in [-0.39, 0.29) is 5.91 Å². The first-order valence-electron chi connectivity index (χ1n) is 6.84. The average Bonchev–Trinajstić information content (AvgIpc) is 3.10. The van der Waals surface area contributed by atoms with Gasteiger partial charge in [-0.3, -0.25) is 4.79 Å². The van der Waals surface area contributed by atoms with Gasteiger partial charge >= 0.3 is 0 Å². The van der Waals surface area contributed by atoms with Crippen LogP contribution in [0, 0.1) is 5.92 Å². The van der Waals surface area contributed by atoms with Gasteiger partial charge in [0, 0.05) is 25.6 Å². The first-order valence-corrected chi connectivity index (χ1v) is 7.66. The third-order valence-electron chi connectivity index (χ3n) is 3.29. The van der Waals surface area contributed by atoms with Gasteiger partial charge in [0.2, 0.25) is 0 Å². The number of methoxy groups -OCH3 is 1. The molecular formula is C14H21N3O3S. The molecule has 0 aromatic carbocycles. The number of ether oxygens (including phenoxy) is 2. The number of nitrogens with one attached hydrogen (secondary N) is 2. The van der Waals surface area contributed by atoms with Crippen molar-refractivity contribution in [1.29, 1.82) is 0 Å². The van der Waals surface area contributed by atoms with Crippen molar-refractivity contribution in [3.8, 4) is 5.75 Å². The summed E-state index contributed by atoms with van der Waals surface area (Å²) in [6.45, 7) is 6.33. The highest BCUT2D eigenvalue weighted by Crippen LogP contribution is 2.42. The summed E-state index contributed by atoms with van der Waals surface area (Å²) in [5.74, 6) is 0.798. The van der Waals surface area contributed by atoms with Crippen LogP contribution in [0.2, 0.25) is 0 Å². The van der Waals surface area contributed by atoms with E-state index in [1.165, 1.54) is 11.3 Å². The van der Waals surface area contributed by atoms with Crippen LogP contribution < -0.4 is 21.1 Å². The summed E-state index contributed by atoms with van der Waals surface area (Å²) >= 11 is 1.30. The van der Waals surface area contributed by atoms with Crippen LogP contribution in [-0.4, -0.2) is 39.3 Å². The minimum absolute atomic E-state index is 0.215. The number of anilines is 2. The Hall–Kier alpha value is -1.73. The van der Waals surface area contributed by atoms with E-state index in [2.05, 4.69) is 17.2 Å². The Morgan fingerprint density at radius 3 is 3.10 bits per heavy atom. The summed E-state index contributed by atoms with van der Waals surface area (Å²) in [5, 5.41) is 6.82. The molecule has 1 fully saturated rings. The molecule has 7 heteroatoms. The van der Waals surface area contributed by atoms with E-state index in [0.29, 0.717) is 28.8 Å². The highest BCUT2D eigenvalue weighted by Gasteiger charge is 2.23. The minimum Gasteiger partial charge on any atom is -0.492 e. The normalized spacial score (nSPS) is 17.5. The van der Waals surface area contributed by atoms with E-state index in [1.807, 2.05) is 0 Å². The SMILES string of the molecule is C=CCNC(=O)c1sc(NCC2CCOC2)c(OC)c1N. The number of amides is 1. The predicted molar refractivity (Wildman–Crippen MR) is 85.2 cm³/mol. The van der Waals surface area contributed by atoms with Gasteiger partial charge in [-0.05, 0) is 6.42 Å². The van der Waals surface area contributed by atoms with Gasteiger partial charge < -0.3 is 25.8 Å². The Kier molecular flexibility index (Phi) is 5.46. The molecule has 0 bridgehead atoms. The number of nitrogens with two attached hydrogens (primary N) is 1. The molecule has 2 heterocycles. The summed E-state index contributed by atoms with van der Waals surface area (Å²) in [7, 11) is 1.55. The number of hydrogen-bond acceptors (Lipinski definition) is 6. The maximum atomic E-state index is 12.0. The molecule has 1 atom stereocenters. The lowest BCUT2D eigenvalue weighted by Gasteiger charge is -2.10. The number of carbonyl (C=O) groups excluding carboxylic acids is 1. The number of carbonyl (C=O) groups is 1. The Bertz CT molecular complexity index is 510. The molecule has 21 heavy (non-hydrogen) atoms. The van der Waals surface area contributed by atoms with Crippen LogP contribution in [0.1, 0.15) is 16.1 Å². The number of nitrogen functional groups attached to an aromatic ring is 1. The second-order valence-electron chi connectivity index (χ2n) is 4.82. The number of rotatable bonds is 7. The second kappa shape index (κ2) is 7.33. The van der Waals surface area contributed by atoms with Crippen molar-refractivity contribution in [2.75, 3.05) is 44.5 Å². The Morgan fingerprint density at radius 1 is 1.67 bits per heavy atom. The Labute approximate surface area is 128 Å². The average molecular weight is 311 g/mol. The van der Waals surface area contributed by atoms with Gasteiger partial charge in [-0.15, -0.1) is 17.9 Å². The molecule has 0 aliphatic carbocycles. The maximum absolute atomic E-state index is 12.0. The maximum Gasteiger partial charge on any atom is 0.263 e. The van der Waals surface area contributed by atoms with E-state index in [1.54, 1.807) is 13.2 Å². The standard InChI is InChI=1S/C14H21N3O3S/c1-3-5-16-13(18)12-10(15)11(19-2)14(21-12)17-7-9-4-6-20-8-9/h3,9,17H,1,4-8,15H2,2H3,(H,16,18). The van der Waals surface area contributed by atoms with Crippen LogP contribution in [-0.2, 0) is 4.74 Å².